The van der Waals surface area contributed by atoms with Crippen LogP contribution in [0.15, 0.2) is 0 Å². The van der Waals surface area contributed by atoms with Crippen LogP contribution in [0.1, 0.15) is 81.1 Å². The fraction of sp³-hybridized carbons (Fsp3) is 0.774. The molecule has 0 saturated heterocycles. The number of nitrogens with one attached hydrogen (secondary N) is 4. The average Bonchev–Trinajstić information content (AvgIpc) is 2.95. The fourth-order valence-electron chi connectivity index (χ4n) is 4.55. The maximum atomic E-state index is 13.9. The van der Waals surface area contributed by atoms with Gasteiger partial charge in [-0.05, 0) is 43.9 Å². The van der Waals surface area contributed by atoms with Crippen LogP contribution in [0.5, 0.6) is 0 Å². The van der Waals surface area contributed by atoms with Crippen molar-refractivity contribution in [2.24, 2.45) is 17.8 Å². The van der Waals surface area contributed by atoms with Crippen LogP contribution < -0.4 is 21.3 Å². The Kier molecular flexibility index (Phi) is 18.0. The molecule has 258 valence electrons. The second kappa shape index (κ2) is 19.6. The number of urea groups is 1. The molecule has 0 saturated carbocycles. The number of rotatable bonds is 17. The Hall–Kier alpha value is -3.71. The van der Waals surface area contributed by atoms with E-state index in [4.69, 9.17) is 0 Å². The SMILES string of the molecule is CCCC(=O)N(C)CC(=O)N(C)[C@@H](CC(C)C)C(=O)N[C@H](C(=O)N(C)[C@@H](CC(C)C)C(=O)N[C@H](C)C(=O)NC(=O)NC)C(C)C. The predicted molar refractivity (Wildman–Crippen MR) is 172 cm³/mol. The zero-order chi connectivity index (χ0) is 35.2. The van der Waals surface area contributed by atoms with E-state index in [0.29, 0.717) is 19.3 Å². The van der Waals surface area contributed by atoms with Gasteiger partial charge in [0.25, 0.3) is 0 Å². The summed E-state index contributed by atoms with van der Waals surface area (Å²) in [4.78, 5) is 94.0. The van der Waals surface area contributed by atoms with Crippen LogP contribution in [-0.2, 0) is 28.8 Å². The van der Waals surface area contributed by atoms with Crippen molar-refractivity contribution in [2.45, 2.75) is 105 Å². The minimum absolute atomic E-state index is 0.00415. The Labute approximate surface area is 268 Å². The highest BCUT2D eigenvalue weighted by atomic mass is 16.2. The molecule has 0 aromatic rings. The standard InChI is InChI=1S/C31H57N7O7/c1-13-14-24(39)36(10)17-25(40)37(11)22(15-18(2)3)29(43)34-26(20(6)7)30(44)38(12)23(16-19(4)5)28(42)33-21(8)27(41)35-31(45)32-9/h18-23,26H,13-17H2,1-12H3,(H,33,42)(H,34,43)(H2,32,35,41,45)/t21-,22+,23+,26+/m1/s1. The lowest BCUT2D eigenvalue weighted by molar-refractivity contribution is -0.146. The molecule has 0 rings (SSSR count). The molecular formula is C31H57N7O7. The van der Waals surface area contributed by atoms with Crippen LogP contribution >= 0.6 is 0 Å². The van der Waals surface area contributed by atoms with Crippen LogP contribution in [-0.4, -0.2) is 115 Å². The van der Waals surface area contributed by atoms with Gasteiger partial charge in [0.1, 0.15) is 24.2 Å². The highest BCUT2D eigenvalue weighted by molar-refractivity contribution is 5.99. The third kappa shape index (κ3) is 13.9. The van der Waals surface area contributed by atoms with Crippen LogP contribution in [0, 0.1) is 17.8 Å². The lowest BCUT2D eigenvalue weighted by Gasteiger charge is -2.35. The van der Waals surface area contributed by atoms with E-state index in [1.165, 1.54) is 42.8 Å². The van der Waals surface area contributed by atoms with Crippen LogP contribution in [0.25, 0.3) is 0 Å². The summed E-state index contributed by atoms with van der Waals surface area (Å²) in [6.45, 7) is 14.2. The van der Waals surface area contributed by atoms with Gasteiger partial charge in [0.2, 0.25) is 35.4 Å². The molecule has 0 unspecified atom stereocenters. The van der Waals surface area contributed by atoms with Crippen LogP contribution in [0.2, 0.25) is 0 Å². The average molecular weight is 640 g/mol. The highest BCUT2D eigenvalue weighted by Gasteiger charge is 2.37. The molecule has 0 aromatic heterocycles. The molecule has 0 aromatic carbocycles. The van der Waals surface area contributed by atoms with Crippen molar-refractivity contribution in [1.82, 2.24) is 36.0 Å². The minimum Gasteiger partial charge on any atom is -0.343 e. The molecule has 45 heavy (non-hydrogen) atoms. The number of nitrogens with zero attached hydrogens (tertiary/aromatic N) is 3. The van der Waals surface area contributed by atoms with Gasteiger partial charge in [-0.15, -0.1) is 0 Å². The second-order valence-electron chi connectivity index (χ2n) is 12.8. The number of imide groups is 1. The third-order valence-electron chi connectivity index (χ3n) is 7.38. The van der Waals surface area contributed by atoms with Gasteiger partial charge in [-0.2, -0.15) is 0 Å². The Bertz CT molecular complexity index is 1050. The summed E-state index contributed by atoms with van der Waals surface area (Å²) < 4.78 is 0. The zero-order valence-electron chi connectivity index (χ0n) is 29.3. The van der Waals surface area contributed by atoms with Gasteiger partial charge < -0.3 is 30.7 Å². The van der Waals surface area contributed by atoms with Crippen molar-refractivity contribution in [3.8, 4) is 0 Å². The summed E-state index contributed by atoms with van der Waals surface area (Å²) in [7, 11) is 5.88. The van der Waals surface area contributed by atoms with Gasteiger partial charge in [0.15, 0.2) is 0 Å². The second-order valence-corrected chi connectivity index (χ2v) is 12.8. The van der Waals surface area contributed by atoms with Crippen molar-refractivity contribution in [2.75, 3.05) is 34.7 Å². The summed E-state index contributed by atoms with van der Waals surface area (Å²) in [5, 5.41) is 9.77. The maximum absolute atomic E-state index is 13.9. The Balaban J connectivity index is 6.02. The number of amides is 8. The van der Waals surface area contributed by atoms with Crippen LogP contribution in [0.3, 0.4) is 0 Å². The molecule has 0 fully saturated rings. The number of hydrogen-bond acceptors (Lipinski definition) is 7. The monoisotopic (exact) mass is 639 g/mol. The summed E-state index contributed by atoms with van der Waals surface area (Å²) >= 11 is 0. The fourth-order valence-corrected chi connectivity index (χ4v) is 4.55. The van der Waals surface area contributed by atoms with E-state index in [2.05, 4.69) is 21.3 Å². The largest absolute Gasteiger partial charge is 0.343 e. The number of carbonyl (C=O) groups is 7. The quantitative estimate of drug-likeness (QED) is 0.184. The lowest BCUT2D eigenvalue weighted by Crippen LogP contribution is -2.60. The van der Waals surface area contributed by atoms with Gasteiger partial charge in [-0.3, -0.25) is 34.1 Å². The van der Waals surface area contributed by atoms with E-state index >= 15 is 0 Å². The molecule has 14 heteroatoms. The normalized spacial score (nSPS) is 13.8. The van der Waals surface area contributed by atoms with Crippen molar-refractivity contribution in [3.05, 3.63) is 0 Å². The van der Waals surface area contributed by atoms with Gasteiger partial charge in [0, 0.05) is 34.6 Å². The molecule has 0 aliphatic carbocycles. The zero-order valence-corrected chi connectivity index (χ0v) is 29.3. The number of carbonyl (C=O) groups excluding carboxylic acids is 7. The van der Waals surface area contributed by atoms with Crippen molar-refractivity contribution >= 4 is 41.5 Å². The van der Waals surface area contributed by atoms with Crippen LogP contribution in [0.4, 0.5) is 4.79 Å². The molecule has 0 heterocycles. The van der Waals surface area contributed by atoms with Gasteiger partial charge >= 0.3 is 6.03 Å². The van der Waals surface area contributed by atoms with Gasteiger partial charge in [-0.1, -0.05) is 48.5 Å². The van der Waals surface area contributed by atoms with Crippen molar-refractivity contribution < 1.29 is 33.6 Å². The van der Waals surface area contributed by atoms with E-state index in [1.807, 2.05) is 34.6 Å². The topological polar surface area (TPSA) is 177 Å². The van der Waals surface area contributed by atoms with Gasteiger partial charge in [0.05, 0.1) is 6.54 Å². The summed E-state index contributed by atoms with van der Waals surface area (Å²) in [6.07, 6.45) is 1.56. The first-order valence-electron chi connectivity index (χ1n) is 15.7. The highest BCUT2D eigenvalue weighted by Crippen LogP contribution is 2.17. The van der Waals surface area contributed by atoms with Crippen molar-refractivity contribution in [1.29, 1.82) is 0 Å². The summed E-state index contributed by atoms with van der Waals surface area (Å²) in [5.41, 5.74) is 0. The molecule has 8 amide bonds. The predicted octanol–water partition coefficient (Wildman–Crippen LogP) is 1.09. The lowest BCUT2D eigenvalue weighted by atomic mass is 9.97. The van der Waals surface area contributed by atoms with E-state index in [-0.39, 0.29) is 36.6 Å². The van der Waals surface area contributed by atoms with E-state index < -0.39 is 59.7 Å². The molecule has 0 aliphatic heterocycles. The van der Waals surface area contributed by atoms with E-state index in [1.54, 1.807) is 20.9 Å². The maximum Gasteiger partial charge on any atom is 0.321 e. The molecule has 0 spiro atoms. The van der Waals surface area contributed by atoms with Gasteiger partial charge in [-0.25, -0.2) is 4.79 Å². The Morgan fingerprint density at radius 3 is 1.60 bits per heavy atom. The van der Waals surface area contributed by atoms with E-state index in [0.717, 1.165) is 0 Å². The Morgan fingerprint density at radius 1 is 0.667 bits per heavy atom. The third-order valence-corrected chi connectivity index (χ3v) is 7.38. The molecule has 4 atom stereocenters. The smallest absolute Gasteiger partial charge is 0.321 e. The Morgan fingerprint density at radius 2 is 1.16 bits per heavy atom. The first-order chi connectivity index (χ1) is 20.8. The molecule has 0 radical (unpaired) electrons. The molecule has 14 nitrogen and oxygen atoms in total. The first-order valence-corrected chi connectivity index (χ1v) is 15.7. The number of hydrogen-bond donors (Lipinski definition) is 4. The van der Waals surface area contributed by atoms with E-state index in [9.17, 15) is 33.6 Å². The molecular weight excluding hydrogens is 582 g/mol. The molecule has 0 aliphatic rings. The van der Waals surface area contributed by atoms with Crippen molar-refractivity contribution in [3.63, 3.8) is 0 Å². The number of likely N-dealkylation sites (N-methyl/N-ethyl adjacent to an activating group) is 3. The summed E-state index contributed by atoms with van der Waals surface area (Å²) in [6, 6.07) is -4.68. The summed E-state index contributed by atoms with van der Waals surface area (Å²) in [5.74, 6) is -3.25. The minimum atomic E-state index is -1.06. The molecule has 4 N–H and O–H groups in total. The molecule has 0 bridgehead atoms. The first kappa shape index (κ1) is 41.3.